The highest BCUT2D eigenvalue weighted by molar-refractivity contribution is 7.86. The quantitative estimate of drug-likeness (QED) is 0.628. The van der Waals surface area contributed by atoms with E-state index in [1.165, 1.54) is 0 Å². The molecule has 0 amide bonds. The molecule has 1 aliphatic heterocycles. The lowest BCUT2D eigenvalue weighted by atomic mass is 9.99. The molecule has 4 nitrogen and oxygen atoms in total. The third kappa shape index (κ3) is 3.21. The van der Waals surface area contributed by atoms with E-state index in [1.807, 2.05) is 43.3 Å². The Morgan fingerprint density at radius 3 is 1.82 bits per heavy atom. The molecule has 5 heteroatoms. The van der Waals surface area contributed by atoms with Crippen molar-refractivity contribution < 1.29 is 12.6 Å². The first kappa shape index (κ1) is 15.2. The van der Waals surface area contributed by atoms with Crippen LogP contribution in [0.5, 0.6) is 0 Å². The maximum absolute atomic E-state index is 11.4. The van der Waals surface area contributed by atoms with E-state index in [-0.39, 0.29) is 12.1 Å². The predicted molar refractivity (Wildman–Crippen MR) is 85.7 cm³/mol. The first-order valence-electron chi connectivity index (χ1n) is 7.23. The molecule has 1 saturated heterocycles. The van der Waals surface area contributed by atoms with Crippen LogP contribution < -0.4 is 0 Å². The van der Waals surface area contributed by atoms with Gasteiger partial charge in [-0.1, -0.05) is 60.7 Å². The van der Waals surface area contributed by atoms with Crippen molar-refractivity contribution in [2.75, 3.05) is 6.26 Å². The summed E-state index contributed by atoms with van der Waals surface area (Å²) in [6.45, 7) is 1.98. The summed E-state index contributed by atoms with van der Waals surface area (Å²) >= 11 is 0. The fraction of sp³-hybridized carbons (Fsp3) is 0.294. The predicted octanol–water partition coefficient (Wildman–Crippen LogP) is 2.78. The summed E-state index contributed by atoms with van der Waals surface area (Å²) in [5, 5.41) is 0. The van der Waals surface area contributed by atoms with Crippen LogP contribution >= 0.6 is 0 Å². The van der Waals surface area contributed by atoms with Crippen LogP contribution in [-0.4, -0.2) is 31.8 Å². The number of rotatable bonds is 5. The van der Waals surface area contributed by atoms with E-state index < -0.39 is 16.3 Å². The van der Waals surface area contributed by atoms with Crippen molar-refractivity contribution in [3.8, 4) is 0 Å². The monoisotopic (exact) mass is 317 g/mol. The molecule has 0 spiro atoms. The lowest BCUT2D eigenvalue weighted by Gasteiger charge is -2.20. The van der Waals surface area contributed by atoms with Crippen LogP contribution in [0.1, 0.15) is 24.1 Å². The van der Waals surface area contributed by atoms with Gasteiger partial charge in [0.05, 0.1) is 18.3 Å². The van der Waals surface area contributed by atoms with Gasteiger partial charge in [0.1, 0.15) is 6.23 Å². The molecule has 0 N–H and O–H groups in total. The molecule has 3 unspecified atom stereocenters. The molecule has 1 fully saturated rings. The van der Waals surface area contributed by atoms with E-state index in [4.69, 9.17) is 4.18 Å². The molecule has 0 aromatic heterocycles. The molecule has 116 valence electrons. The lowest BCUT2D eigenvalue weighted by molar-refractivity contribution is 0.225. The maximum Gasteiger partial charge on any atom is 0.265 e. The summed E-state index contributed by atoms with van der Waals surface area (Å²) in [7, 11) is -3.47. The van der Waals surface area contributed by atoms with Crippen LogP contribution in [0.2, 0.25) is 0 Å². The highest BCUT2D eigenvalue weighted by atomic mass is 32.2. The minimum atomic E-state index is -3.47. The average Bonchev–Trinajstić information content (AvgIpc) is 3.09. The third-order valence-electron chi connectivity index (χ3n) is 3.89. The minimum Gasteiger partial charge on any atom is -0.258 e. The number of hydrogen-bond donors (Lipinski definition) is 0. The van der Waals surface area contributed by atoms with E-state index in [0.29, 0.717) is 0 Å². The van der Waals surface area contributed by atoms with Crippen molar-refractivity contribution in [1.82, 2.24) is 4.90 Å². The fourth-order valence-electron chi connectivity index (χ4n) is 2.84. The zero-order valence-electron chi connectivity index (χ0n) is 12.6. The van der Waals surface area contributed by atoms with Gasteiger partial charge >= 0.3 is 0 Å². The van der Waals surface area contributed by atoms with Crippen molar-refractivity contribution in [3.63, 3.8) is 0 Å². The second-order valence-electron chi connectivity index (χ2n) is 5.60. The smallest absolute Gasteiger partial charge is 0.258 e. The number of benzene rings is 2. The van der Waals surface area contributed by atoms with Crippen molar-refractivity contribution in [1.29, 1.82) is 0 Å². The van der Waals surface area contributed by atoms with Gasteiger partial charge in [0.2, 0.25) is 0 Å². The average molecular weight is 317 g/mol. The number of hydrogen-bond acceptors (Lipinski definition) is 4. The molecule has 3 atom stereocenters. The van der Waals surface area contributed by atoms with Gasteiger partial charge in [-0.3, -0.25) is 4.90 Å². The van der Waals surface area contributed by atoms with Gasteiger partial charge in [0, 0.05) is 0 Å². The summed E-state index contributed by atoms with van der Waals surface area (Å²) in [6.07, 6.45) is 0.691. The molecule has 22 heavy (non-hydrogen) atoms. The highest BCUT2D eigenvalue weighted by Gasteiger charge is 2.52. The normalized spacial score (nSPS) is 24.4. The molecule has 0 radical (unpaired) electrons. The van der Waals surface area contributed by atoms with Gasteiger partial charge in [0.25, 0.3) is 10.1 Å². The van der Waals surface area contributed by atoms with Crippen LogP contribution in [0.4, 0.5) is 0 Å². The Labute approximate surface area is 131 Å². The van der Waals surface area contributed by atoms with Gasteiger partial charge < -0.3 is 0 Å². The summed E-state index contributed by atoms with van der Waals surface area (Å²) in [5.74, 6) is 0. The van der Waals surface area contributed by atoms with Gasteiger partial charge in [-0.05, 0) is 18.1 Å². The first-order valence-corrected chi connectivity index (χ1v) is 9.04. The molecule has 0 bridgehead atoms. The standard InChI is InChI=1S/C17H19NO3S/c1-13-17(21-22(2,19)20)18(13)16(14-9-5-3-6-10-14)15-11-7-4-8-12-15/h3-13,16-17H,1-2H3. The Morgan fingerprint density at radius 2 is 1.41 bits per heavy atom. The zero-order chi connectivity index (χ0) is 15.7. The molecule has 1 heterocycles. The van der Waals surface area contributed by atoms with Gasteiger partial charge in [0.15, 0.2) is 0 Å². The molecule has 0 aliphatic carbocycles. The molecule has 2 aromatic rings. The highest BCUT2D eigenvalue weighted by Crippen LogP contribution is 2.43. The summed E-state index contributed by atoms with van der Waals surface area (Å²) in [5.41, 5.74) is 2.25. The lowest BCUT2D eigenvalue weighted by Crippen LogP contribution is -2.17. The van der Waals surface area contributed by atoms with E-state index in [1.54, 1.807) is 0 Å². The second-order valence-corrected chi connectivity index (χ2v) is 7.20. The van der Waals surface area contributed by atoms with Crippen LogP contribution in [0.15, 0.2) is 60.7 Å². The largest absolute Gasteiger partial charge is 0.265 e. The van der Waals surface area contributed by atoms with Crippen LogP contribution in [0.25, 0.3) is 0 Å². The van der Waals surface area contributed by atoms with Crippen molar-refractivity contribution in [3.05, 3.63) is 71.8 Å². The summed E-state index contributed by atoms with van der Waals surface area (Å²) in [6, 6.07) is 20.2. The van der Waals surface area contributed by atoms with Crippen LogP contribution in [0, 0.1) is 0 Å². The first-order chi connectivity index (χ1) is 10.5. The number of nitrogens with zero attached hydrogens (tertiary/aromatic N) is 1. The molecular formula is C17H19NO3S. The van der Waals surface area contributed by atoms with Crippen molar-refractivity contribution >= 4 is 10.1 Å². The maximum atomic E-state index is 11.4. The SMILES string of the molecule is CC1C(OS(C)(=O)=O)N1C(c1ccccc1)c1ccccc1. The second kappa shape index (κ2) is 5.83. The van der Waals surface area contributed by atoms with E-state index in [2.05, 4.69) is 29.2 Å². The zero-order valence-corrected chi connectivity index (χ0v) is 13.4. The molecule has 2 aromatic carbocycles. The van der Waals surface area contributed by atoms with E-state index in [9.17, 15) is 8.42 Å². The summed E-state index contributed by atoms with van der Waals surface area (Å²) < 4.78 is 28.0. The van der Waals surface area contributed by atoms with Crippen LogP contribution in [-0.2, 0) is 14.3 Å². The van der Waals surface area contributed by atoms with E-state index in [0.717, 1.165) is 17.4 Å². The Bertz CT molecular complexity index is 692. The minimum absolute atomic E-state index is 0.0100. The third-order valence-corrected chi connectivity index (χ3v) is 4.44. The van der Waals surface area contributed by atoms with Crippen LogP contribution in [0.3, 0.4) is 0 Å². The van der Waals surface area contributed by atoms with Gasteiger partial charge in [-0.25, -0.2) is 4.18 Å². The Balaban J connectivity index is 1.94. The Kier molecular flexibility index (Phi) is 4.04. The van der Waals surface area contributed by atoms with Crippen molar-refractivity contribution in [2.45, 2.75) is 25.2 Å². The van der Waals surface area contributed by atoms with Gasteiger partial charge in [-0.15, -0.1) is 0 Å². The fourth-order valence-corrected chi connectivity index (χ4v) is 3.46. The topological polar surface area (TPSA) is 46.4 Å². The molecule has 0 saturated carbocycles. The van der Waals surface area contributed by atoms with E-state index >= 15 is 0 Å². The Morgan fingerprint density at radius 1 is 0.955 bits per heavy atom. The molecular weight excluding hydrogens is 298 g/mol. The molecule has 1 aliphatic rings. The Hall–Kier alpha value is -1.69. The van der Waals surface area contributed by atoms with Crippen molar-refractivity contribution in [2.24, 2.45) is 0 Å². The van der Waals surface area contributed by atoms with Gasteiger partial charge in [-0.2, -0.15) is 8.42 Å². The molecule has 3 rings (SSSR count). The summed E-state index contributed by atoms with van der Waals surface area (Å²) in [4.78, 5) is 2.08.